The Hall–Kier alpha value is -1.82. The van der Waals surface area contributed by atoms with Crippen molar-refractivity contribution in [1.82, 2.24) is 0 Å². The Morgan fingerprint density at radius 3 is 2.76 bits per heavy atom. The summed E-state index contributed by atoms with van der Waals surface area (Å²) in [7, 11) is 0. The molecule has 1 aromatic rings. The number of carboxylic acids is 1. The van der Waals surface area contributed by atoms with E-state index in [0.29, 0.717) is 29.0 Å². The second kappa shape index (κ2) is 10.3. The first-order valence-corrected chi connectivity index (χ1v) is 10.6. The Morgan fingerprint density at radius 1 is 1.28 bits per heavy atom. The Kier molecular flexibility index (Phi) is 7.76. The smallest absolute Gasteiger partial charge is 0.303 e. The quantitative estimate of drug-likeness (QED) is 0.411. The minimum atomic E-state index is -0.751. The van der Waals surface area contributed by atoms with Gasteiger partial charge in [-0.15, -0.1) is 0 Å². The monoisotopic (exact) mass is 420 g/mol. The maximum Gasteiger partial charge on any atom is 0.303 e. The van der Waals surface area contributed by atoms with Crippen LogP contribution in [-0.4, -0.2) is 40.1 Å². The summed E-state index contributed by atoms with van der Waals surface area (Å²) in [5.74, 6) is 0.786. The van der Waals surface area contributed by atoms with Gasteiger partial charge < -0.3 is 20.1 Å². The van der Waals surface area contributed by atoms with Gasteiger partial charge in [0.15, 0.2) is 0 Å². The Labute approximate surface area is 176 Å². The van der Waals surface area contributed by atoms with E-state index < -0.39 is 12.1 Å². The first kappa shape index (κ1) is 21.9. The molecule has 0 amide bonds. The summed E-state index contributed by atoms with van der Waals surface area (Å²) in [6.07, 6.45) is 9.11. The molecule has 1 aromatic carbocycles. The molecule has 0 aliphatic heterocycles. The maximum absolute atomic E-state index is 10.6. The molecule has 0 heterocycles. The van der Waals surface area contributed by atoms with Gasteiger partial charge in [0.05, 0.1) is 6.10 Å². The second-order valence-corrected chi connectivity index (χ2v) is 8.51. The van der Waals surface area contributed by atoms with E-state index in [4.69, 9.17) is 21.4 Å². The standard InChI is InChI=1S/C23H29ClO5/c24-17-5-8-19(9-6-17)29-14-18(25)7-10-20-21-12-15(3-1-2-4-23(27)28)11-16(21)13-22(20)26/h3,5-10,16,18,20-22,25-26H,1-2,4,11-14H2,(H,27,28)/b10-7+,15-3+/t16-,18+,20-,21+,22-/m1/s1. The van der Waals surface area contributed by atoms with Crippen molar-refractivity contribution in [2.75, 3.05) is 6.61 Å². The van der Waals surface area contributed by atoms with Crippen molar-refractivity contribution < 1.29 is 24.9 Å². The number of benzene rings is 1. The number of hydrogen-bond acceptors (Lipinski definition) is 4. The van der Waals surface area contributed by atoms with Crippen LogP contribution in [0.25, 0.3) is 0 Å². The Morgan fingerprint density at radius 2 is 2.03 bits per heavy atom. The average Bonchev–Trinajstić information content (AvgIpc) is 3.19. The predicted octanol–water partition coefficient (Wildman–Crippen LogP) is 4.22. The number of allylic oxidation sites excluding steroid dienone is 2. The third-order valence-corrected chi connectivity index (χ3v) is 6.18. The highest BCUT2D eigenvalue weighted by molar-refractivity contribution is 6.30. The molecule has 2 aliphatic rings. The van der Waals surface area contributed by atoms with Crippen LogP contribution in [0, 0.1) is 17.8 Å². The lowest BCUT2D eigenvalue weighted by Crippen LogP contribution is -2.19. The van der Waals surface area contributed by atoms with Gasteiger partial charge in [-0.05, 0) is 68.2 Å². The predicted molar refractivity (Wildman–Crippen MR) is 112 cm³/mol. The highest BCUT2D eigenvalue weighted by Gasteiger charge is 2.44. The zero-order chi connectivity index (χ0) is 20.8. The molecule has 6 heteroatoms. The first-order valence-electron chi connectivity index (χ1n) is 10.2. The van der Waals surface area contributed by atoms with Gasteiger partial charge in [0.25, 0.3) is 0 Å². The van der Waals surface area contributed by atoms with Crippen LogP contribution in [-0.2, 0) is 4.79 Å². The molecule has 5 atom stereocenters. The van der Waals surface area contributed by atoms with Gasteiger partial charge in [0.1, 0.15) is 18.5 Å². The van der Waals surface area contributed by atoms with Crippen molar-refractivity contribution >= 4 is 17.6 Å². The van der Waals surface area contributed by atoms with E-state index in [-0.39, 0.29) is 25.0 Å². The molecule has 3 rings (SSSR count). The molecule has 0 unspecified atom stereocenters. The molecule has 2 aliphatic carbocycles. The first-order chi connectivity index (χ1) is 13.9. The van der Waals surface area contributed by atoms with E-state index in [1.807, 2.05) is 6.08 Å². The summed E-state index contributed by atoms with van der Waals surface area (Å²) in [5, 5.41) is 30.0. The lowest BCUT2D eigenvalue weighted by molar-refractivity contribution is -0.137. The fraction of sp³-hybridized carbons (Fsp3) is 0.522. The number of halogens is 1. The molecular formula is C23H29ClO5. The van der Waals surface area contributed by atoms with Gasteiger partial charge in [-0.25, -0.2) is 0 Å². The number of carboxylic acid groups (broad SMARTS) is 1. The van der Waals surface area contributed by atoms with Crippen LogP contribution in [0.2, 0.25) is 5.02 Å². The number of ether oxygens (including phenoxy) is 1. The van der Waals surface area contributed by atoms with E-state index >= 15 is 0 Å². The number of hydrogen-bond donors (Lipinski definition) is 3. The topological polar surface area (TPSA) is 87.0 Å². The maximum atomic E-state index is 10.6. The van der Waals surface area contributed by atoms with Crippen molar-refractivity contribution in [3.8, 4) is 5.75 Å². The van der Waals surface area contributed by atoms with Crippen molar-refractivity contribution in [2.24, 2.45) is 17.8 Å². The number of aliphatic hydroxyl groups excluding tert-OH is 2. The van der Waals surface area contributed by atoms with Gasteiger partial charge in [0.2, 0.25) is 0 Å². The Balaban J connectivity index is 1.48. The number of unbranched alkanes of at least 4 members (excludes halogenated alkanes) is 1. The largest absolute Gasteiger partial charge is 0.491 e. The van der Waals surface area contributed by atoms with Crippen LogP contribution < -0.4 is 4.74 Å². The van der Waals surface area contributed by atoms with Crippen LogP contribution in [0.3, 0.4) is 0 Å². The minimum Gasteiger partial charge on any atom is -0.491 e. The van der Waals surface area contributed by atoms with E-state index in [2.05, 4.69) is 6.08 Å². The zero-order valence-corrected chi connectivity index (χ0v) is 17.2. The van der Waals surface area contributed by atoms with Gasteiger partial charge in [0, 0.05) is 17.4 Å². The van der Waals surface area contributed by atoms with E-state index in [1.54, 1.807) is 30.3 Å². The molecule has 0 aromatic heterocycles. The molecule has 5 nitrogen and oxygen atoms in total. The molecule has 29 heavy (non-hydrogen) atoms. The molecule has 2 fully saturated rings. The number of carbonyl (C=O) groups is 1. The fourth-order valence-electron chi connectivity index (χ4n) is 4.52. The van der Waals surface area contributed by atoms with Gasteiger partial charge in [-0.2, -0.15) is 0 Å². The summed E-state index contributed by atoms with van der Waals surface area (Å²) < 4.78 is 5.57. The molecule has 0 spiro atoms. The molecular weight excluding hydrogens is 392 g/mol. The Bertz CT molecular complexity index is 742. The average molecular weight is 421 g/mol. The second-order valence-electron chi connectivity index (χ2n) is 8.08. The molecule has 0 radical (unpaired) electrons. The number of rotatable bonds is 9. The molecule has 3 N–H and O–H groups in total. The molecule has 0 bridgehead atoms. The van der Waals surface area contributed by atoms with Crippen LogP contribution in [0.5, 0.6) is 5.75 Å². The lowest BCUT2D eigenvalue weighted by atomic mass is 9.90. The molecule has 158 valence electrons. The number of aliphatic carboxylic acids is 1. The van der Waals surface area contributed by atoms with E-state index in [9.17, 15) is 15.0 Å². The van der Waals surface area contributed by atoms with Crippen molar-refractivity contribution in [2.45, 2.75) is 50.7 Å². The number of fused-ring (bicyclic) bond motifs is 1. The fourth-order valence-corrected chi connectivity index (χ4v) is 4.65. The third kappa shape index (κ3) is 6.33. The van der Waals surface area contributed by atoms with Crippen molar-refractivity contribution in [3.05, 3.63) is 53.1 Å². The third-order valence-electron chi connectivity index (χ3n) is 5.93. The summed E-state index contributed by atoms with van der Waals surface area (Å²) in [6.45, 7) is 0.143. The molecule has 2 saturated carbocycles. The SMILES string of the molecule is O=C(O)CCC/C=C1\C[C@@H]2C[C@@H](O)[C@H](/C=C/[C@H](O)COc3ccc(Cl)cc3)[C@H]2C1. The van der Waals surface area contributed by atoms with Crippen molar-refractivity contribution in [3.63, 3.8) is 0 Å². The van der Waals surface area contributed by atoms with Crippen LogP contribution >= 0.6 is 11.6 Å². The lowest BCUT2D eigenvalue weighted by Gasteiger charge is -2.18. The summed E-state index contributed by atoms with van der Waals surface area (Å²) in [6, 6.07) is 6.99. The normalized spacial score (nSPS) is 28.7. The number of aliphatic hydroxyl groups is 2. The summed E-state index contributed by atoms with van der Waals surface area (Å²) in [4.78, 5) is 10.6. The van der Waals surface area contributed by atoms with Gasteiger partial charge in [-0.3, -0.25) is 4.79 Å². The molecule has 0 saturated heterocycles. The van der Waals surface area contributed by atoms with Crippen molar-refractivity contribution in [1.29, 1.82) is 0 Å². The van der Waals surface area contributed by atoms with Crippen LogP contribution in [0.4, 0.5) is 0 Å². The highest BCUT2D eigenvalue weighted by Crippen LogP contribution is 2.50. The van der Waals surface area contributed by atoms with Crippen LogP contribution in [0.1, 0.15) is 38.5 Å². The highest BCUT2D eigenvalue weighted by atomic mass is 35.5. The van der Waals surface area contributed by atoms with E-state index in [1.165, 1.54) is 5.57 Å². The van der Waals surface area contributed by atoms with E-state index in [0.717, 1.165) is 25.7 Å². The van der Waals surface area contributed by atoms with Crippen LogP contribution in [0.15, 0.2) is 48.1 Å². The summed E-state index contributed by atoms with van der Waals surface area (Å²) in [5.41, 5.74) is 1.38. The zero-order valence-electron chi connectivity index (χ0n) is 16.4. The van der Waals surface area contributed by atoms with Gasteiger partial charge in [-0.1, -0.05) is 35.4 Å². The minimum absolute atomic E-state index is 0.0371. The summed E-state index contributed by atoms with van der Waals surface area (Å²) >= 11 is 5.85. The van der Waals surface area contributed by atoms with Gasteiger partial charge >= 0.3 is 5.97 Å².